The molecule has 1 aliphatic rings. The summed E-state index contributed by atoms with van der Waals surface area (Å²) in [6, 6.07) is 5.62. The van der Waals surface area contributed by atoms with Gasteiger partial charge in [0.25, 0.3) is 0 Å². The molecule has 1 atom stereocenters. The fraction of sp³-hybridized carbons (Fsp3) is 0.500. The molecule has 2 nitrogen and oxygen atoms in total. The molecular weight excluding hydrogens is 288 g/mol. The molecule has 1 aromatic rings. The molecule has 1 heterocycles. The van der Waals surface area contributed by atoms with Gasteiger partial charge in [-0.25, -0.2) is 0 Å². The molecule has 4 heteroatoms. The molecule has 110 valence electrons. The van der Waals surface area contributed by atoms with Gasteiger partial charge in [-0.05, 0) is 56.4 Å². The number of aliphatic hydroxyl groups excluding tert-OH is 1. The summed E-state index contributed by atoms with van der Waals surface area (Å²) >= 11 is 3.89. The van der Waals surface area contributed by atoms with E-state index in [9.17, 15) is 10.2 Å². The number of benzene rings is 1. The van der Waals surface area contributed by atoms with Crippen molar-refractivity contribution in [2.24, 2.45) is 0 Å². The molecule has 1 fully saturated rings. The molecule has 0 aromatic heterocycles. The molecule has 0 amide bonds. The highest BCUT2D eigenvalue weighted by molar-refractivity contribution is 8.18. The molecule has 1 aliphatic heterocycles. The third-order valence-corrected chi connectivity index (χ3v) is 6.67. The third kappa shape index (κ3) is 3.54. The van der Waals surface area contributed by atoms with E-state index in [1.807, 2.05) is 49.5 Å². The van der Waals surface area contributed by atoms with Crippen LogP contribution in [0.5, 0.6) is 5.75 Å². The molecule has 2 N–H and O–H groups in total. The Morgan fingerprint density at radius 2 is 1.95 bits per heavy atom. The minimum Gasteiger partial charge on any atom is -0.508 e. The molecule has 0 radical (unpaired) electrons. The largest absolute Gasteiger partial charge is 0.508 e. The van der Waals surface area contributed by atoms with E-state index < -0.39 is 6.10 Å². The van der Waals surface area contributed by atoms with Gasteiger partial charge in [0.15, 0.2) is 0 Å². The van der Waals surface area contributed by atoms with Crippen molar-refractivity contribution in [3.63, 3.8) is 0 Å². The molecule has 1 unspecified atom stereocenters. The van der Waals surface area contributed by atoms with Crippen molar-refractivity contribution >= 4 is 23.5 Å². The summed E-state index contributed by atoms with van der Waals surface area (Å²) < 4.78 is 0.0192. The van der Waals surface area contributed by atoms with Gasteiger partial charge in [-0.3, -0.25) is 0 Å². The van der Waals surface area contributed by atoms with Crippen LogP contribution in [-0.4, -0.2) is 21.7 Å². The van der Waals surface area contributed by atoms with Crippen LogP contribution in [0.4, 0.5) is 0 Å². The topological polar surface area (TPSA) is 40.5 Å². The zero-order valence-electron chi connectivity index (χ0n) is 12.2. The Labute approximate surface area is 129 Å². The van der Waals surface area contributed by atoms with Crippen molar-refractivity contribution in [1.29, 1.82) is 0 Å². The number of phenolic OH excluding ortho intramolecular Hbond substituents is 1. The predicted octanol–water partition coefficient (Wildman–Crippen LogP) is 4.43. The van der Waals surface area contributed by atoms with Crippen molar-refractivity contribution < 1.29 is 10.2 Å². The van der Waals surface area contributed by atoms with Crippen LogP contribution in [0.2, 0.25) is 0 Å². The molecule has 0 bridgehead atoms. The van der Waals surface area contributed by atoms with Crippen LogP contribution in [0.3, 0.4) is 0 Å². The van der Waals surface area contributed by atoms with E-state index in [2.05, 4.69) is 6.92 Å². The summed E-state index contributed by atoms with van der Waals surface area (Å²) in [5, 5.41) is 20.2. The highest BCUT2D eigenvalue weighted by Gasteiger charge is 2.31. The summed E-state index contributed by atoms with van der Waals surface area (Å²) in [4.78, 5) is 0. The first-order valence-corrected chi connectivity index (χ1v) is 8.84. The van der Waals surface area contributed by atoms with Gasteiger partial charge in [-0.15, -0.1) is 23.5 Å². The van der Waals surface area contributed by atoms with Crippen LogP contribution in [0.1, 0.15) is 44.4 Å². The molecule has 2 rings (SSSR count). The van der Waals surface area contributed by atoms with Crippen LogP contribution in [0, 0.1) is 0 Å². The lowest BCUT2D eigenvalue weighted by Gasteiger charge is -2.33. The number of hydrogen-bond acceptors (Lipinski definition) is 4. The van der Waals surface area contributed by atoms with E-state index in [4.69, 9.17) is 0 Å². The first-order chi connectivity index (χ1) is 9.42. The van der Waals surface area contributed by atoms with E-state index in [0.29, 0.717) is 5.56 Å². The lowest BCUT2D eigenvalue weighted by atomic mass is 10.0. The molecule has 20 heavy (non-hydrogen) atoms. The molecule has 0 aliphatic carbocycles. The Balaban J connectivity index is 2.35. The highest BCUT2D eigenvalue weighted by atomic mass is 32.2. The Hall–Kier alpha value is -0.580. The Morgan fingerprint density at radius 1 is 1.30 bits per heavy atom. The third-order valence-electron chi connectivity index (χ3n) is 3.41. The molecule has 1 saturated heterocycles. The number of aliphatic hydroxyl groups is 1. The zero-order chi connectivity index (χ0) is 14.8. The zero-order valence-corrected chi connectivity index (χ0v) is 13.9. The maximum atomic E-state index is 10.2. The molecule has 0 saturated carbocycles. The summed E-state index contributed by atoms with van der Waals surface area (Å²) in [6.07, 6.45) is 2.26. The number of thioether (sulfide) groups is 2. The van der Waals surface area contributed by atoms with Crippen molar-refractivity contribution in [3.05, 3.63) is 41.0 Å². The Morgan fingerprint density at radius 3 is 2.55 bits per heavy atom. The average Bonchev–Trinajstić information content (AvgIpc) is 2.39. The SMILES string of the molecule is CC(C)=CC(O)c1cc(C2(C)SCCCS2)ccc1O. The highest BCUT2D eigenvalue weighted by Crippen LogP contribution is 2.50. The fourth-order valence-electron chi connectivity index (χ4n) is 2.28. The predicted molar refractivity (Wildman–Crippen MR) is 89.4 cm³/mol. The van der Waals surface area contributed by atoms with Crippen molar-refractivity contribution in [3.8, 4) is 5.75 Å². The lowest BCUT2D eigenvalue weighted by molar-refractivity contribution is 0.222. The number of phenols is 1. The Bertz CT molecular complexity index is 501. The summed E-state index contributed by atoms with van der Waals surface area (Å²) in [5.41, 5.74) is 2.80. The van der Waals surface area contributed by atoms with Gasteiger partial charge in [-0.1, -0.05) is 17.7 Å². The monoisotopic (exact) mass is 310 g/mol. The first-order valence-electron chi connectivity index (χ1n) is 6.87. The van der Waals surface area contributed by atoms with Crippen LogP contribution in [-0.2, 0) is 4.08 Å². The fourth-order valence-corrected chi connectivity index (χ4v) is 5.24. The number of hydrogen-bond donors (Lipinski definition) is 2. The molecular formula is C16H22O2S2. The molecule has 0 spiro atoms. The van der Waals surface area contributed by atoms with Gasteiger partial charge < -0.3 is 10.2 Å². The Kier molecular flexibility index (Phi) is 5.10. The van der Waals surface area contributed by atoms with Gasteiger partial charge >= 0.3 is 0 Å². The normalized spacial score (nSPS) is 19.4. The van der Waals surface area contributed by atoms with Crippen LogP contribution in [0.15, 0.2) is 29.8 Å². The van der Waals surface area contributed by atoms with E-state index in [-0.39, 0.29) is 9.83 Å². The minimum atomic E-state index is -0.748. The standard InChI is InChI=1S/C16H22O2S2/c1-11(2)9-15(18)13-10-12(5-6-14(13)17)16(3)19-7-4-8-20-16/h5-6,9-10,15,17-18H,4,7-8H2,1-3H3. The van der Waals surface area contributed by atoms with Crippen molar-refractivity contribution in [2.75, 3.05) is 11.5 Å². The second kappa shape index (κ2) is 6.46. The van der Waals surface area contributed by atoms with E-state index in [1.165, 1.54) is 12.0 Å². The van der Waals surface area contributed by atoms with Crippen LogP contribution < -0.4 is 0 Å². The second-order valence-corrected chi connectivity index (χ2v) is 8.74. The summed E-state index contributed by atoms with van der Waals surface area (Å²) in [6.45, 7) is 6.11. The second-order valence-electron chi connectivity index (χ2n) is 5.46. The van der Waals surface area contributed by atoms with Crippen LogP contribution in [0.25, 0.3) is 0 Å². The number of aromatic hydroxyl groups is 1. The summed E-state index contributed by atoms with van der Waals surface area (Å²) in [7, 11) is 0. The van der Waals surface area contributed by atoms with Crippen molar-refractivity contribution in [1.82, 2.24) is 0 Å². The van der Waals surface area contributed by atoms with E-state index in [1.54, 1.807) is 12.1 Å². The maximum absolute atomic E-state index is 10.2. The first kappa shape index (κ1) is 15.8. The van der Waals surface area contributed by atoms with Gasteiger partial charge in [0.2, 0.25) is 0 Å². The molecule has 1 aromatic carbocycles. The van der Waals surface area contributed by atoms with Crippen molar-refractivity contribution in [2.45, 2.75) is 37.4 Å². The van der Waals surface area contributed by atoms with Gasteiger partial charge in [0.1, 0.15) is 11.9 Å². The number of allylic oxidation sites excluding steroid dienone is 1. The number of rotatable bonds is 3. The minimum absolute atomic E-state index is 0.0192. The average molecular weight is 310 g/mol. The lowest BCUT2D eigenvalue weighted by Crippen LogP contribution is -2.18. The maximum Gasteiger partial charge on any atom is 0.121 e. The smallest absolute Gasteiger partial charge is 0.121 e. The van der Waals surface area contributed by atoms with Gasteiger partial charge in [0.05, 0.1) is 4.08 Å². The van der Waals surface area contributed by atoms with E-state index in [0.717, 1.165) is 17.1 Å². The quantitative estimate of drug-likeness (QED) is 0.810. The van der Waals surface area contributed by atoms with E-state index >= 15 is 0 Å². The van der Waals surface area contributed by atoms with Crippen LogP contribution >= 0.6 is 23.5 Å². The van der Waals surface area contributed by atoms with Gasteiger partial charge in [0, 0.05) is 5.56 Å². The summed E-state index contributed by atoms with van der Waals surface area (Å²) in [5.74, 6) is 2.49. The van der Waals surface area contributed by atoms with Gasteiger partial charge in [-0.2, -0.15) is 0 Å².